The van der Waals surface area contributed by atoms with Crippen LogP contribution in [0.1, 0.15) is 39.0 Å². The molecular formula is C22H27N3O3. The number of fused-ring (bicyclic) bond motifs is 1. The van der Waals surface area contributed by atoms with Crippen molar-refractivity contribution in [1.29, 1.82) is 0 Å². The minimum Gasteiger partial charge on any atom is -0.493 e. The lowest BCUT2D eigenvalue weighted by atomic mass is 10.2. The van der Waals surface area contributed by atoms with Gasteiger partial charge in [-0.3, -0.25) is 10.1 Å². The van der Waals surface area contributed by atoms with Gasteiger partial charge in [-0.05, 0) is 30.7 Å². The number of amides is 1. The molecule has 0 aliphatic rings. The van der Waals surface area contributed by atoms with Crippen LogP contribution in [0.5, 0.6) is 11.5 Å². The van der Waals surface area contributed by atoms with E-state index in [4.69, 9.17) is 9.47 Å². The first kappa shape index (κ1) is 19.7. The summed E-state index contributed by atoms with van der Waals surface area (Å²) >= 11 is 0. The largest absolute Gasteiger partial charge is 0.493 e. The fourth-order valence-electron chi connectivity index (χ4n) is 2.88. The van der Waals surface area contributed by atoms with E-state index in [2.05, 4.69) is 22.2 Å². The molecule has 0 aliphatic carbocycles. The highest BCUT2D eigenvalue weighted by Crippen LogP contribution is 2.20. The van der Waals surface area contributed by atoms with Gasteiger partial charge in [0.25, 0.3) is 5.91 Å². The van der Waals surface area contributed by atoms with Crippen LogP contribution in [0.2, 0.25) is 0 Å². The standard InChI is InChI=1S/C22H27N3O3/c1-2-3-4-5-8-14-27-17-10-9-11-18(15-17)28-16-21(26)25-22-23-19-12-6-7-13-20(19)24-22/h6-7,9-13,15H,2-5,8,14,16H2,1H3,(H2,23,24,25,26). The summed E-state index contributed by atoms with van der Waals surface area (Å²) in [6.45, 7) is 2.80. The van der Waals surface area contributed by atoms with Crippen LogP contribution in [0.25, 0.3) is 11.0 Å². The number of H-pyrrole nitrogens is 1. The number of carbonyl (C=O) groups is 1. The molecule has 6 heteroatoms. The predicted molar refractivity (Wildman–Crippen MR) is 111 cm³/mol. The zero-order chi connectivity index (χ0) is 19.6. The number of hydrogen-bond donors (Lipinski definition) is 2. The van der Waals surface area contributed by atoms with E-state index in [1.807, 2.05) is 42.5 Å². The number of hydrogen-bond acceptors (Lipinski definition) is 4. The van der Waals surface area contributed by atoms with Gasteiger partial charge in [0.15, 0.2) is 6.61 Å². The van der Waals surface area contributed by atoms with Crippen LogP contribution in [-0.4, -0.2) is 29.1 Å². The van der Waals surface area contributed by atoms with Crippen molar-refractivity contribution in [2.24, 2.45) is 0 Å². The summed E-state index contributed by atoms with van der Waals surface area (Å²) in [5.41, 5.74) is 1.68. The second kappa shape index (κ2) is 10.3. The molecule has 0 aliphatic heterocycles. The Bertz CT molecular complexity index is 858. The van der Waals surface area contributed by atoms with Gasteiger partial charge in [0.1, 0.15) is 11.5 Å². The third kappa shape index (κ3) is 6.01. The zero-order valence-electron chi connectivity index (χ0n) is 16.2. The average molecular weight is 381 g/mol. The number of ether oxygens (including phenoxy) is 2. The molecule has 0 saturated carbocycles. The summed E-state index contributed by atoms with van der Waals surface area (Å²) < 4.78 is 11.3. The van der Waals surface area contributed by atoms with E-state index < -0.39 is 0 Å². The number of anilines is 1. The van der Waals surface area contributed by atoms with Gasteiger partial charge in [0.2, 0.25) is 5.95 Å². The number of rotatable bonds is 11. The monoisotopic (exact) mass is 381 g/mol. The van der Waals surface area contributed by atoms with E-state index in [1.165, 1.54) is 25.7 Å². The minimum atomic E-state index is -0.277. The second-order valence-electron chi connectivity index (χ2n) is 6.68. The summed E-state index contributed by atoms with van der Waals surface area (Å²) in [6, 6.07) is 15.0. The highest BCUT2D eigenvalue weighted by molar-refractivity contribution is 5.92. The van der Waals surface area contributed by atoms with Crippen molar-refractivity contribution in [3.05, 3.63) is 48.5 Å². The Labute approximate surface area is 165 Å². The molecule has 0 saturated heterocycles. The number of imidazole rings is 1. The lowest BCUT2D eigenvalue weighted by Crippen LogP contribution is -2.20. The van der Waals surface area contributed by atoms with E-state index in [-0.39, 0.29) is 12.5 Å². The van der Waals surface area contributed by atoms with Crippen LogP contribution in [0.3, 0.4) is 0 Å². The lowest BCUT2D eigenvalue weighted by Gasteiger charge is -2.09. The maximum absolute atomic E-state index is 12.1. The molecule has 28 heavy (non-hydrogen) atoms. The van der Waals surface area contributed by atoms with Gasteiger partial charge < -0.3 is 14.5 Å². The molecule has 2 N–H and O–H groups in total. The summed E-state index contributed by atoms with van der Waals surface area (Å²) in [5, 5.41) is 2.71. The van der Waals surface area contributed by atoms with Gasteiger partial charge in [-0.15, -0.1) is 0 Å². The fraction of sp³-hybridized carbons (Fsp3) is 0.364. The SMILES string of the molecule is CCCCCCCOc1cccc(OCC(=O)Nc2nc3ccccc3[nH]2)c1. The second-order valence-corrected chi connectivity index (χ2v) is 6.68. The molecule has 0 unspecified atom stereocenters. The van der Waals surface area contributed by atoms with Crippen molar-refractivity contribution in [2.45, 2.75) is 39.0 Å². The Hall–Kier alpha value is -3.02. The number of aromatic nitrogens is 2. The highest BCUT2D eigenvalue weighted by Gasteiger charge is 2.08. The summed E-state index contributed by atoms with van der Waals surface area (Å²) in [7, 11) is 0. The third-order valence-corrected chi connectivity index (χ3v) is 4.34. The molecule has 6 nitrogen and oxygen atoms in total. The molecule has 0 radical (unpaired) electrons. The van der Waals surface area contributed by atoms with E-state index in [1.54, 1.807) is 6.07 Å². The van der Waals surface area contributed by atoms with Crippen LogP contribution in [-0.2, 0) is 4.79 Å². The Morgan fingerprint density at radius 1 is 1.00 bits per heavy atom. The van der Waals surface area contributed by atoms with Crippen molar-refractivity contribution in [3.63, 3.8) is 0 Å². The first-order valence-corrected chi connectivity index (χ1v) is 9.85. The quantitative estimate of drug-likeness (QED) is 0.462. The molecule has 2 aromatic carbocycles. The normalized spacial score (nSPS) is 10.8. The number of nitrogens with one attached hydrogen (secondary N) is 2. The fourth-order valence-corrected chi connectivity index (χ4v) is 2.88. The number of para-hydroxylation sites is 2. The lowest BCUT2D eigenvalue weighted by molar-refractivity contribution is -0.118. The molecule has 1 heterocycles. The van der Waals surface area contributed by atoms with Gasteiger partial charge in [-0.1, -0.05) is 50.8 Å². The molecule has 1 amide bonds. The van der Waals surface area contributed by atoms with Crippen molar-refractivity contribution < 1.29 is 14.3 Å². The molecule has 1 aromatic heterocycles. The minimum absolute atomic E-state index is 0.0997. The molecule has 3 aromatic rings. The number of benzene rings is 2. The smallest absolute Gasteiger partial charge is 0.264 e. The molecule has 0 bridgehead atoms. The molecule has 148 valence electrons. The van der Waals surface area contributed by atoms with Gasteiger partial charge in [0.05, 0.1) is 17.6 Å². The topological polar surface area (TPSA) is 76.2 Å². The molecule has 0 spiro atoms. The molecule has 0 fully saturated rings. The third-order valence-electron chi connectivity index (χ3n) is 4.34. The Morgan fingerprint density at radius 2 is 1.79 bits per heavy atom. The number of nitrogens with zero attached hydrogens (tertiary/aromatic N) is 1. The van der Waals surface area contributed by atoms with Crippen molar-refractivity contribution in [3.8, 4) is 11.5 Å². The van der Waals surface area contributed by atoms with E-state index in [0.717, 1.165) is 23.2 Å². The Morgan fingerprint density at radius 3 is 2.61 bits per heavy atom. The maximum Gasteiger partial charge on any atom is 0.264 e. The van der Waals surface area contributed by atoms with Gasteiger partial charge in [-0.25, -0.2) is 4.98 Å². The average Bonchev–Trinajstić information content (AvgIpc) is 3.11. The Kier molecular flexibility index (Phi) is 7.29. The van der Waals surface area contributed by atoms with Crippen LogP contribution in [0, 0.1) is 0 Å². The van der Waals surface area contributed by atoms with Crippen molar-refractivity contribution in [2.75, 3.05) is 18.5 Å². The maximum atomic E-state index is 12.1. The summed E-state index contributed by atoms with van der Waals surface area (Å²) in [4.78, 5) is 19.5. The van der Waals surface area contributed by atoms with Gasteiger partial charge in [0, 0.05) is 6.07 Å². The summed E-state index contributed by atoms with van der Waals surface area (Å²) in [5.74, 6) is 1.49. The van der Waals surface area contributed by atoms with Crippen molar-refractivity contribution in [1.82, 2.24) is 9.97 Å². The number of unbranched alkanes of at least 4 members (excludes halogenated alkanes) is 4. The summed E-state index contributed by atoms with van der Waals surface area (Å²) in [6.07, 6.45) is 6.00. The van der Waals surface area contributed by atoms with Crippen molar-refractivity contribution >= 4 is 22.9 Å². The van der Waals surface area contributed by atoms with E-state index >= 15 is 0 Å². The molecule has 3 rings (SSSR count). The Balaban J connectivity index is 1.43. The van der Waals surface area contributed by atoms with E-state index in [9.17, 15) is 4.79 Å². The van der Waals surface area contributed by atoms with Crippen LogP contribution < -0.4 is 14.8 Å². The molecule has 0 atom stereocenters. The van der Waals surface area contributed by atoms with Gasteiger partial charge >= 0.3 is 0 Å². The highest BCUT2D eigenvalue weighted by atomic mass is 16.5. The van der Waals surface area contributed by atoms with E-state index in [0.29, 0.717) is 18.3 Å². The first-order chi connectivity index (χ1) is 13.7. The molecular weight excluding hydrogens is 354 g/mol. The van der Waals surface area contributed by atoms with Crippen LogP contribution >= 0.6 is 0 Å². The first-order valence-electron chi connectivity index (χ1n) is 9.85. The predicted octanol–water partition coefficient (Wildman–Crippen LogP) is 4.93. The zero-order valence-corrected chi connectivity index (χ0v) is 16.2. The number of carbonyl (C=O) groups excluding carboxylic acids is 1. The van der Waals surface area contributed by atoms with Crippen LogP contribution in [0.15, 0.2) is 48.5 Å². The van der Waals surface area contributed by atoms with Gasteiger partial charge in [-0.2, -0.15) is 0 Å². The number of aromatic amines is 1. The van der Waals surface area contributed by atoms with Crippen LogP contribution in [0.4, 0.5) is 5.95 Å².